The molecule has 26 heavy (non-hydrogen) atoms. The Hall–Kier alpha value is -1.23. The molecule has 2 N–H and O–H groups in total. The maximum Gasteiger partial charge on any atom is 0.267 e. The SMILES string of the molecule is CC(C)OCCNc1ncc(/C=C/C(=O)NOC2CCCCO2)cc1I. The van der Waals surface area contributed by atoms with Crippen molar-refractivity contribution in [3.63, 3.8) is 0 Å². The number of ether oxygens (including phenoxy) is 2. The Labute approximate surface area is 168 Å². The third kappa shape index (κ3) is 7.98. The Bertz CT molecular complexity index is 604. The summed E-state index contributed by atoms with van der Waals surface area (Å²) in [6.07, 6.45) is 7.57. The summed E-state index contributed by atoms with van der Waals surface area (Å²) < 4.78 is 11.8. The van der Waals surface area contributed by atoms with E-state index in [4.69, 9.17) is 14.3 Å². The van der Waals surface area contributed by atoms with Gasteiger partial charge in [0.25, 0.3) is 5.91 Å². The summed E-state index contributed by atoms with van der Waals surface area (Å²) in [6, 6.07) is 1.95. The van der Waals surface area contributed by atoms with Gasteiger partial charge in [-0.2, -0.15) is 0 Å². The third-order valence-corrected chi connectivity index (χ3v) is 4.39. The van der Waals surface area contributed by atoms with Gasteiger partial charge in [-0.3, -0.25) is 4.79 Å². The Morgan fingerprint density at radius 2 is 2.35 bits per heavy atom. The molecule has 144 valence electrons. The molecule has 1 amide bonds. The van der Waals surface area contributed by atoms with Crippen LogP contribution in [0.3, 0.4) is 0 Å². The van der Waals surface area contributed by atoms with Crippen LogP contribution < -0.4 is 10.8 Å². The Morgan fingerprint density at radius 1 is 1.50 bits per heavy atom. The van der Waals surface area contributed by atoms with Crippen LogP contribution in [-0.2, 0) is 19.1 Å². The van der Waals surface area contributed by atoms with Gasteiger partial charge in [0, 0.05) is 31.8 Å². The molecule has 0 radical (unpaired) electrons. The summed E-state index contributed by atoms with van der Waals surface area (Å²) in [5.41, 5.74) is 3.23. The molecule has 1 unspecified atom stereocenters. The summed E-state index contributed by atoms with van der Waals surface area (Å²) in [7, 11) is 0. The number of hydrogen-bond acceptors (Lipinski definition) is 6. The molecule has 2 heterocycles. The maximum atomic E-state index is 11.8. The van der Waals surface area contributed by atoms with Crippen LogP contribution in [0.2, 0.25) is 0 Å². The average molecular weight is 475 g/mol. The molecule has 8 heteroatoms. The van der Waals surface area contributed by atoms with Crippen LogP contribution in [0.15, 0.2) is 18.3 Å². The van der Waals surface area contributed by atoms with E-state index >= 15 is 0 Å². The minimum atomic E-state index is -0.353. The van der Waals surface area contributed by atoms with E-state index in [-0.39, 0.29) is 18.3 Å². The fourth-order valence-electron chi connectivity index (χ4n) is 2.27. The maximum absolute atomic E-state index is 11.8. The monoisotopic (exact) mass is 475 g/mol. The molecule has 1 fully saturated rings. The number of amides is 1. The number of hydroxylamine groups is 1. The number of pyridine rings is 1. The molecular weight excluding hydrogens is 449 g/mol. The summed E-state index contributed by atoms with van der Waals surface area (Å²) in [5.74, 6) is 0.472. The van der Waals surface area contributed by atoms with Gasteiger partial charge in [0.2, 0.25) is 0 Å². The number of carbonyl (C=O) groups is 1. The van der Waals surface area contributed by atoms with Crippen LogP contribution in [0.4, 0.5) is 5.82 Å². The van der Waals surface area contributed by atoms with Crippen molar-refractivity contribution in [1.29, 1.82) is 0 Å². The molecule has 0 spiro atoms. The van der Waals surface area contributed by atoms with Crippen molar-refractivity contribution in [2.45, 2.75) is 45.5 Å². The average Bonchev–Trinajstić information content (AvgIpc) is 2.63. The molecule has 1 aliphatic rings. The second kappa shape index (κ2) is 11.5. The number of aromatic nitrogens is 1. The molecule has 0 aliphatic carbocycles. The quantitative estimate of drug-likeness (QED) is 0.247. The van der Waals surface area contributed by atoms with Crippen molar-refractivity contribution >= 4 is 40.4 Å². The van der Waals surface area contributed by atoms with E-state index in [1.54, 1.807) is 12.3 Å². The molecule has 7 nitrogen and oxygen atoms in total. The van der Waals surface area contributed by atoms with Crippen molar-refractivity contribution in [3.05, 3.63) is 27.5 Å². The smallest absolute Gasteiger partial charge is 0.267 e. The zero-order chi connectivity index (χ0) is 18.8. The highest BCUT2D eigenvalue weighted by Gasteiger charge is 2.14. The van der Waals surface area contributed by atoms with Crippen molar-refractivity contribution in [1.82, 2.24) is 10.5 Å². The molecule has 1 aromatic heterocycles. The zero-order valence-electron chi connectivity index (χ0n) is 15.2. The Kier molecular flexibility index (Phi) is 9.30. The first kappa shape index (κ1) is 21.1. The van der Waals surface area contributed by atoms with Gasteiger partial charge < -0.3 is 14.8 Å². The molecule has 0 bridgehead atoms. The van der Waals surface area contributed by atoms with Crippen molar-refractivity contribution in [2.75, 3.05) is 25.1 Å². The highest BCUT2D eigenvalue weighted by atomic mass is 127. The molecule has 0 saturated carbocycles. The lowest BCUT2D eigenvalue weighted by Gasteiger charge is -2.21. The summed E-state index contributed by atoms with van der Waals surface area (Å²) >= 11 is 2.21. The number of hydrogen-bond donors (Lipinski definition) is 2. The summed E-state index contributed by atoms with van der Waals surface area (Å²) in [6.45, 7) is 6.00. The number of carbonyl (C=O) groups excluding carboxylic acids is 1. The topological polar surface area (TPSA) is 81.7 Å². The number of nitrogens with zero attached hydrogens (tertiary/aromatic N) is 1. The molecule has 1 atom stereocenters. The van der Waals surface area contributed by atoms with Gasteiger partial charge in [0.15, 0.2) is 6.29 Å². The minimum Gasteiger partial charge on any atom is -0.377 e. The second-order valence-electron chi connectivity index (χ2n) is 6.16. The Morgan fingerprint density at radius 3 is 3.04 bits per heavy atom. The van der Waals surface area contributed by atoms with Crippen LogP contribution in [0.25, 0.3) is 6.08 Å². The fourth-order valence-corrected chi connectivity index (χ4v) is 2.96. The normalized spacial score (nSPS) is 17.6. The highest BCUT2D eigenvalue weighted by Crippen LogP contribution is 2.17. The molecule has 1 aliphatic heterocycles. The second-order valence-corrected chi connectivity index (χ2v) is 7.32. The van der Waals surface area contributed by atoms with E-state index in [1.165, 1.54) is 6.08 Å². The first-order valence-electron chi connectivity index (χ1n) is 8.81. The molecule has 0 aromatic carbocycles. The van der Waals surface area contributed by atoms with E-state index in [2.05, 4.69) is 38.4 Å². The predicted molar refractivity (Wildman–Crippen MR) is 108 cm³/mol. The molecular formula is C18H26IN3O4. The van der Waals surface area contributed by atoms with Gasteiger partial charge in [-0.25, -0.2) is 15.3 Å². The molecule has 1 aromatic rings. The number of anilines is 1. The van der Waals surface area contributed by atoms with Crippen LogP contribution in [0, 0.1) is 3.57 Å². The van der Waals surface area contributed by atoms with Gasteiger partial charge in [0.1, 0.15) is 5.82 Å². The lowest BCUT2D eigenvalue weighted by atomic mass is 10.2. The van der Waals surface area contributed by atoms with Gasteiger partial charge in [-0.05, 0) is 67.0 Å². The fraction of sp³-hybridized carbons (Fsp3) is 0.556. The van der Waals surface area contributed by atoms with Gasteiger partial charge in [0.05, 0.1) is 16.3 Å². The van der Waals surface area contributed by atoms with Crippen molar-refractivity contribution in [2.24, 2.45) is 0 Å². The number of rotatable bonds is 9. The lowest BCUT2D eigenvalue weighted by molar-refractivity contribution is -0.198. The van der Waals surface area contributed by atoms with Crippen LogP contribution in [0.5, 0.6) is 0 Å². The summed E-state index contributed by atoms with van der Waals surface area (Å²) in [5, 5.41) is 3.24. The van der Waals surface area contributed by atoms with E-state index in [0.717, 1.165) is 34.2 Å². The van der Waals surface area contributed by atoms with E-state index in [0.29, 0.717) is 19.8 Å². The summed E-state index contributed by atoms with van der Waals surface area (Å²) in [4.78, 5) is 21.4. The van der Waals surface area contributed by atoms with Crippen LogP contribution in [0.1, 0.15) is 38.7 Å². The Balaban J connectivity index is 1.76. The lowest BCUT2D eigenvalue weighted by Crippen LogP contribution is -2.32. The highest BCUT2D eigenvalue weighted by molar-refractivity contribution is 14.1. The van der Waals surface area contributed by atoms with Crippen LogP contribution in [-0.4, -0.2) is 43.0 Å². The van der Waals surface area contributed by atoms with Gasteiger partial charge in [-0.1, -0.05) is 0 Å². The minimum absolute atomic E-state index is 0.219. The number of halogens is 1. The van der Waals surface area contributed by atoms with E-state index in [9.17, 15) is 4.79 Å². The van der Waals surface area contributed by atoms with Crippen molar-refractivity contribution in [3.8, 4) is 0 Å². The van der Waals surface area contributed by atoms with Crippen LogP contribution >= 0.6 is 22.6 Å². The standard InChI is InChI=1S/C18H26IN3O4/c1-13(2)24-10-8-20-18-15(19)11-14(12-21-18)6-7-16(23)22-26-17-5-3-4-9-25-17/h6-7,11-13,17H,3-5,8-10H2,1-2H3,(H,20,21)(H,22,23)/b7-6+. The largest absolute Gasteiger partial charge is 0.377 e. The third-order valence-electron chi connectivity index (χ3n) is 3.56. The molecule has 2 rings (SSSR count). The molecule has 1 saturated heterocycles. The first-order valence-corrected chi connectivity index (χ1v) is 9.89. The van der Waals surface area contributed by atoms with Gasteiger partial charge in [-0.15, -0.1) is 0 Å². The van der Waals surface area contributed by atoms with Gasteiger partial charge >= 0.3 is 0 Å². The van der Waals surface area contributed by atoms with E-state index < -0.39 is 0 Å². The van der Waals surface area contributed by atoms with E-state index in [1.807, 2.05) is 19.9 Å². The first-order chi connectivity index (χ1) is 12.5. The number of nitrogens with one attached hydrogen (secondary N) is 2. The zero-order valence-corrected chi connectivity index (χ0v) is 17.3. The predicted octanol–water partition coefficient (Wildman–Crippen LogP) is 3.11. The van der Waals surface area contributed by atoms with Crippen molar-refractivity contribution < 1.29 is 19.1 Å².